The summed E-state index contributed by atoms with van der Waals surface area (Å²) in [5.74, 6) is -0.185. The van der Waals surface area contributed by atoms with Crippen LogP contribution in [0.15, 0.2) is 47.4 Å². The first-order chi connectivity index (χ1) is 11.7. The van der Waals surface area contributed by atoms with E-state index in [0.717, 1.165) is 11.3 Å². The second-order valence-corrected chi connectivity index (χ2v) is 5.30. The standard InChI is InChI=1S/C10H6O2.C6H8N2O.H2O3S/c11-9-5-6-10(12)8-4-2-1-3-7(8)9;1-4-3-7-6(9)8-5(4)2;1-4(2)3/h1-6H;3H,1-2H3,(H,7,8,9);(H2,1,2,3). The molecule has 3 N–H and O–H groups in total. The van der Waals surface area contributed by atoms with Crippen LogP contribution in [-0.2, 0) is 11.4 Å². The van der Waals surface area contributed by atoms with Crippen molar-refractivity contribution in [2.45, 2.75) is 13.8 Å². The van der Waals surface area contributed by atoms with Crippen molar-refractivity contribution in [1.29, 1.82) is 0 Å². The quantitative estimate of drug-likeness (QED) is 0.605. The van der Waals surface area contributed by atoms with Crippen molar-refractivity contribution >= 4 is 22.9 Å². The van der Waals surface area contributed by atoms with Crippen LogP contribution in [0.4, 0.5) is 0 Å². The SMILES string of the molecule is Cc1cnc(=O)[nH]c1C.O=C1C=CC(=O)c2ccccc21.O=S(O)O. The van der Waals surface area contributed by atoms with Crippen molar-refractivity contribution in [3.8, 4) is 0 Å². The maximum Gasteiger partial charge on any atom is 0.345 e. The van der Waals surface area contributed by atoms with E-state index in [0.29, 0.717) is 11.1 Å². The third-order valence-electron chi connectivity index (χ3n) is 3.11. The zero-order valence-electron chi connectivity index (χ0n) is 13.4. The van der Waals surface area contributed by atoms with E-state index in [1.807, 2.05) is 13.8 Å². The predicted octanol–water partition coefficient (Wildman–Crippen LogP) is 1.69. The van der Waals surface area contributed by atoms with Crippen LogP contribution in [0.5, 0.6) is 0 Å². The molecule has 25 heavy (non-hydrogen) atoms. The van der Waals surface area contributed by atoms with Gasteiger partial charge in [-0.25, -0.2) is 9.78 Å². The van der Waals surface area contributed by atoms with Crippen LogP contribution in [0.3, 0.4) is 0 Å². The van der Waals surface area contributed by atoms with Gasteiger partial charge in [0.05, 0.1) is 0 Å². The van der Waals surface area contributed by atoms with E-state index in [4.69, 9.17) is 13.3 Å². The van der Waals surface area contributed by atoms with Crippen LogP contribution in [0, 0.1) is 13.8 Å². The van der Waals surface area contributed by atoms with Crippen LogP contribution in [0.2, 0.25) is 0 Å². The summed E-state index contributed by atoms with van der Waals surface area (Å²) < 4.78 is 22.8. The van der Waals surface area contributed by atoms with Gasteiger partial charge in [-0.3, -0.25) is 18.7 Å². The van der Waals surface area contributed by atoms with Gasteiger partial charge in [0.2, 0.25) is 0 Å². The molecule has 0 amide bonds. The molecule has 0 aliphatic heterocycles. The lowest BCUT2D eigenvalue weighted by Crippen LogP contribution is -2.11. The molecule has 0 radical (unpaired) electrons. The number of carbonyl (C=O) groups excluding carboxylic acids is 2. The summed E-state index contributed by atoms with van der Waals surface area (Å²) in [7, 11) is 0. The molecule has 1 aliphatic rings. The maximum atomic E-state index is 11.2. The number of fused-ring (bicyclic) bond motifs is 1. The number of ketones is 2. The van der Waals surface area contributed by atoms with Gasteiger partial charge >= 0.3 is 5.69 Å². The number of rotatable bonds is 0. The highest BCUT2D eigenvalue weighted by Crippen LogP contribution is 2.15. The average Bonchev–Trinajstić information content (AvgIpc) is 2.55. The highest BCUT2D eigenvalue weighted by atomic mass is 32.2. The van der Waals surface area contributed by atoms with Crippen molar-refractivity contribution in [1.82, 2.24) is 9.97 Å². The molecule has 9 heteroatoms. The van der Waals surface area contributed by atoms with Crippen molar-refractivity contribution in [2.75, 3.05) is 0 Å². The van der Waals surface area contributed by atoms with Crippen molar-refractivity contribution in [2.24, 2.45) is 0 Å². The van der Waals surface area contributed by atoms with Crippen molar-refractivity contribution in [3.63, 3.8) is 0 Å². The summed E-state index contributed by atoms with van der Waals surface area (Å²) in [6.45, 7) is 3.75. The molecule has 1 aliphatic carbocycles. The first-order valence-electron chi connectivity index (χ1n) is 6.90. The number of hydrogen-bond acceptors (Lipinski definition) is 5. The van der Waals surface area contributed by atoms with Gasteiger partial charge in [0.15, 0.2) is 11.6 Å². The predicted molar refractivity (Wildman–Crippen MR) is 92.0 cm³/mol. The summed E-state index contributed by atoms with van der Waals surface area (Å²) in [6.07, 6.45) is 4.18. The van der Waals surface area contributed by atoms with Gasteiger partial charge in [-0.2, -0.15) is 4.21 Å². The Morgan fingerprint density at radius 2 is 1.40 bits per heavy atom. The van der Waals surface area contributed by atoms with Crippen LogP contribution in [-0.4, -0.2) is 34.8 Å². The zero-order valence-corrected chi connectivity index (χ0v) is 14.2. The van der Waals surface area contributed by atoms with E-state index < -0.39 is 11.4 Å². The van der Waals surface area contributed by atoms with Gasteiger partial charge in [0, 0.05) is 23.0 Å². The zero-order chi connectivity index (χ0) is 19.0. The minimum absolute atomic E-state index is 0.0924. The van der Waals surface area contributed by atoms with Gasteiger partial charge in [-0.15, -0.1) is 0 Å². The molecule has 2 aromatic rings. The molecule has 8 nitrogen and oxygen atoms in total. The Kier molecular flexibility index (Phi) is 7.73. The van der Waals surface area contributed by atoms with E-state index in [-0.39, 0.29) is 17.3 Å². The van der Waals surface area contributed by atoms with E-state index >= 15 is 0 Å². The number of aromatic nitrogens is 2. The Morgan fingerprint density at radius 3 is 1.76 bits per heavy atom. The van der Waals surface area contributed by atoms with E-state index in [1.54, 1.807) is 30.5 Å². The fourth-order valence-corrected chi connectivity index (χ4v) is 1.79. The topological polar surface area (TPSA) is 137 Å². The Balaban J connectivity index is 0.000000213. The fraction of sp³-hybridized carbons (Fsp3) is 0.125. The van der Waals surface area contributed by atoms with Gasteiger partial charge < -0.3 is 4.98 Å². The lowest BCUT2D eigenvalue weighted by Gasteiger charge is -2.06. The molecule has 0 spiro atoms. The summed E-state index contributed by atoms with van der Waals surface area (Å²) >= 11 is -2.61. The van der Waals surface area contributed by atoms with Crippen LogP contribution in [0.1, 0.15) is 32.0 Å². The molecule has 0 saturated carbocycles. The molecule has 0 fully saturated rings. The molecule has 3 rings (SSSR count). The Bertz CT molecular complexity index is 847. The van der Waals surface area contributed by atoms with Crippen molar-refractivity contribution in [3.05, 3.63) is 75.5 Å². The first kappa shape index (κ1) is 20.3. The van der Waals surface area contributed by atoms with Gasteiger partial charge in [0.1, 0.15) is 0 Å². The monoisotopic (exact) mass is 364 g/mol. The molecule has 132 valence electrons. The maximum absolute atomic E-state index is 11.2. The van der Waals surface area contributed by atoms with Crippen LogP contribution in [0.25, 0.3) is 0 Å². The number of H-pyrrole nitrogens is 1. The number of allylic oxidation sites excluding steroid dienone is 2. The normalized spacial score (nSPS) is 11.9. The number of carbonyl (C=O) groups is 2. The van der Waals surface area contributed by atoms with E-state index in [9.17, 15) is 14.4 Å². The number of nitrogens with zero attached hydrogens (tertiary/aromatic N) is 1. The molecule has 0 bridgehead atoms. The minimum Gasteiger partial charge on any atom is -0.310 e. The highest BCUT2D eigenvalue weighted by molar-refractivity contribution is 7.73. The molecule has 0 atom stereocenters. The van der Waals surface area contributed by atoms with E-state index in [2.05, 4.69) is 9.97 Å². The lowest BCUT2D eigenvalue weighted by atomic mass is 9.95. The number of hydrogen-bond donors (Lipinski definition) is 3. The van der Waals surface area contributed by atoms with Crippen molar-refractivity contribution < 1.29 is 22.9 Å². The number of benzene rings is 1. The Hall–Kier alpha value is -2.75. The summed E-state index contributed by atoms with van der Waals surface area (Å²) in [5.41, 5.74) is 2.62. The summed E-state index contributed by atoms with van der Waals surface area (Å²) in [6, 6.07) is 6.84. The fourth-order valence-electron chi connectivity index (χ4n) is 1.79. The number of nitrogens with one attached hydrogen (secondary N) is 1. The largest absolute Gasteiger partial charge is 0.345 e. The van der Waals surface area contributed by atoms with Crippen LogP contribution < -0.4 is 5.69 Å². The third-order valence-corrected chi connectivity index (χ3v) is 3.11. The minimum atomic E-state index is -2.61. The average molecular weight is 364 g/mol. The Labute approximate surface area is 145 Å². The number of aryl methyl sites for hydroxylation is 2. The smallest absolute Gasteiger partial charge is 0.310 e. The van der Waals surface area contributed by atoms with Gasteiger partial charge in [-0.1, -0.05) is 24.3 Å². The van der Waals surface area contributed by atoms with Gasteiger partial charge in [-0.05, 0) is 31.6 Å². The highest BCUT2D eigenvalue weighted by Gasteiger charge is 2.16. The molecule has 0 saturated heterocycles. The Morgan fingerprint density at radius 1 is 0.960 bits per heavy atom. The molecular formula is C16H16N2O6S. The first-order valence-corrected chi connectivity index (χ1v) is 7.97. The lowest BCUT2D eigenvalue weighted by molar-refractivity contribution is 0.0994. The summed E-state index contributed by atoms with van der Waals surface area (Å²) in [4.78, 5) is 39.0. The molecule has 1 aromatic carbocycles. The third kappa shape index (κ3) is 6.71. The second kappa shape index (κ2) is 9.52. The van der Waals surface area contributed by atoms with E-state index in [1.165, 1.54) is 12.2 Å². The number of aromatic amines is 1. The molecular weight excluding hydrogens is 348 g/mol. The molecule has 1 heterocycles. The molecule has 0 unspecified atom stereocenters. The molecule has 1 aromatic heterocycles. The van der Waals surface area contributed by atoms with Gasteiger partial charge in [0.25, 0.3) is 11.4 Å². The van der Waals surface area contributed by atoms with Crippen LogP contribution >= 0.6 is 0 Å². The second-order valence-electron chi connectivity index (χ2n) is 4.83. The summed E-state index contributed by atoms with van der Waals surface area (Å²) in [5, 5.41) is 0.